The standard InChI is InChI=1S/C23H22F4N8O3S/c1-3-39(37,38)34-14-6-11(16-9-28-10-35(16)2)4-5-13(14)29-15-7-17(31-22(36)12-8-23(12,26)27)30-20-18(15)32-21(33-20)19(24)25/h4-7,9-10,12,19,34H,3,8H2,1-2H3,(H3,29,30,31,32,33,36)/t12-/m0/s1. The molecule has 206 valence electrons. The van der Waals surface area contributed by atoms with Gasteiger partial charge in [-0.2, -0.15) is 0 Å². The van der Waals surface area contributed by atoms with Crippen LogP contribution in [0.1, 0.15) is 25.6 Å². The van der Waals surface area contributed by atoms with Crippen LogP contribution in [0, 0.1) is 5.92 Å². The minimum atomic E-state index is -3.74. The molecular weight excluding hydrogens is 544 g/mol. The highest BCUT2D eigenvalue weighted by Crippen LogP contribution is 2.49. The first kappa shape index (κ1) is 26.4. The fourth-order valence-corrected chi connectivity index (χ4v) is 4.55. The monoisotopic (exact) mass is 566 g/mol. The van der Waals surface area contributed by atoms with Gasteiger partial charge >= 0.3 is 0 Å². The summed E-state index contributed by atoms with van der Waals surface area (Å²) >= 11 is 0. The minimum Gasteiger partial charge on any atom is -0.352 e. The first-order valence-electron chi connectivity index (χ1n) is 11.6. The van der Waals surface area contributed by atoms with Crippen LogP contribution >= 0.6 is 0 Å². The van der Waals surface area contributed by atoms with Gasteiger partial charge in [-0.05, 0) is 19.1 Å². The second-order valence-electron chi connectivity index (χ2n) is 8.96. The second-order valence-corrected chi connectivity index (χ2v) is 11.0. The number of carbonyl (C=O) groups is 1. The van der Waals surface area contributed by atoms with Gasteiger partial charge in [0.05, 0.1) is 41.0 Å². The van der Waals surface area contributed by atoms with E-state index >= 15 is 0 Å². The third kappa shape index (κ3) is 5.36. The summed E-state index contributed by atoms with van der Waals surface area (Å²) < 4.78 is 82.7. The van der Waals surface area contributed by atoms with Crippen molar-refractivity contribution < 1.29 is 30.8 Å². The Morgan fingerprint density at radius 1 is 1.21 bits per heavy atom. The lowest BCUT2D eigenvalue weighted by molar-refractivity contribution is -0.119. The summed E-state index contributed by atoms with van der Waals surface area (Å²) in [4.78, 5) is 26.5. The van der Waals surface area contributed by atoms with E-state index in [-0.39, 0.29) is 39.8 Å². The number of fused-ring (bicyclic) bond motifs is 1. The Kier molecular flexibility index (Phi) is 6.44. The molecule has 4 aromatic rings. The first-order valence-corrected chi connectivity index (χ1v) is 13.3. The molecule has 0 spiro atoms. The summed E-state index contributed by atoms with van der Waals surface area (Å²) in [7, 11) is -1.97. The van der Waals surface area contributed by atoms with Gasteiger partial charge in [-0.15, -0.1) is 0 Å². The predicted molar refractivity (Wildman–Crippen MR) is 136 cm³/mol. The van der Waals surface area contributed by atoms with E-state index in [0.717, 1.165) is 0 Å². The molecule has 11 nitrogen and oxygen atoms in total. The number of alkyl halides is 4. The number of carbonyl (C=O) groups excluding carboxylic acids is 1. The summed E-state index contributed by atoms with van der Waals surface area (Å²) in [6.07, 6.45) is -0.395. The zero-order valence-electron chi connectivity index (χ0n) is 20.5. The van der Waals surface area contributed by atoms with Crippen molar-refractivity contribution in [3.8, 4) is 11.3 Å². The molecule has 0 bridgehead atoms. The van der Waals surface area contributed by atoms with E-state index in [1.807, 2.05) is 0 Å². The Hall–Kier alpha value is -4.21. The molecule has 0 saturated heterocycles. The fourth-order valence-electron chi connectivity index (χ4n) is 3.90. The van der Waals surface area contributed by atoms with Crippen molar-refractivity contribution in [3.63, 3.8) is 0 Å². The van der Waals surface area contributed by atoms with Crippen molar-refractivity contribution in [2.24, 2.45) is 13.0 Å². The van der Waals surface area contributed by atoms with Gasteiger partial charge in [0, 0.05) is 25.1 Å². The third-order valence-corrected chi connectivity index (χ3v) is 7.42. The predicted octanol–water partition coefficient (Wildman–Crippen LogP) is 4.39. The fraction of sp³-hybridized carbons (Fsp3) is 0.304. The van der Waals surface area contributed by atoms with E-state index < -0.39 is 46.4 Å². The maximum absolute atomic E-state index is 13.4. The van der Waals surface area contributed by atoms with Crippen molar-refractivity contribution in [2.75, 3.05) is 21.1 Å². The molecule has 3 heterocycles. The van der Waals surface area contributed by atoms with Crippen LogP contribution in [-0.2, 0) is 21.9 Å². The van der Waals surface area contributed by atoms with Crippen LogP contribution in [0.2, 0.25) is 0 Å². The van der Waals surface area contributed by atoms with E-state index in [2.05, 4.69) is 35.3 Å². The van der Waals surface area contributed by atoms with E-state index in [1.54, 1.807) is 42.3 Å². The van der Waals surface area contributed by atoms with E-state index in [4.69, 9.17) is 0 Å². The SMILES string of the molecule is CCS(=O)(=O)Nc1cc(-c2cncn2C)ccc1Nc1cc(NC(=O)[C@@H]2CC2(F)F)nc2nc(C(F)F)[nH]c12. The third-order valence-electron chi connectivity index (χ3n) is 6.13. The van der Waals surface area contributed by atoms with E-state index in [0.29, 0.717) is 11.3 Å². The number of halogens is 4. The van der Waals surface area contributed by atoms with Crippen molar-refractivity contribution in [1.82, 2.24) is 24.5 Å². The number of H-pyrrole nitrogens is 1. The van der Waals surface area contributed by atoms with Crippen molar-refractivity contribution in [2.45, 2.75) is 25.7 Å². The number of amides is 1. The van der Waals surface area contributed by atoms with Crippen LogP contribution < -0.4 is 15.4 Å². The number of rotatable bonds is 9. The number of imidazole rings is 2. The van der Waals surface area contributed by atoms with Gasteiger partial charge in [0.25, 0.3) is 12.3 Å². The number of sulfonamides is 1. The first-order chi connectivity index (χ1) is 18.4. The zero-order chi connectivity index (χ0) is 28.1. The van der Waals surface area contributed by atoms with Crippen molar-refractivity contribution >= 4 is 50.0 Å². The Labute approximate surface area is 219 Å². The molecule has 0 radical (unpaired) electrons. The molecule has 1 fully saturated rings. The highest BCUT2D eigenvalue weighted by molar-refractivity contribution is 7.92. The number of anilines is 4. The molecule has 0 unspecified atom stereocenters. The Morgan fingerprint density at radius 3 is 2.56 bits per heavy atom. The second kappa shape index (κ2) is 9.52. The molecule has 1 amide bonds. The lowest BCUT2D eigenvalue weighted by atomic mass is 10.1. The maximum atomic E-state index is 13.4. The van der Waals surface area contributed by atoms with Crippen LogP contribution in [-0.4, -0.2) is 50.5 Å². The molecule has 1 aromatic carbocycles. The summed E-state index contributed by atoms with van der Waals surface area (Å²) in [5, 5.41) is 5.25. The molecule has 5 rings (SSSR count). The van der Waals surface area contributed by atoms with Crippen molar-refractivity contribution in [1.29, 1.82) is 0 Å². The molecule has 1 saturated carbocycles. The van der Waals surface area contributed by atoms with Crippen LogP contribution in [0.5, 0.6) is 0 Å². The lowest BCUT2D eigenvalue weighted by Crippen LogP contribution is -2.18. The van der Waals surface area contributed by atoms with E-state index in [9.17, 15) is 30.8 Å². The minimum absolute atomic E-state index is 0.0278. The van der Waals surface area contributed by atoms with E-state index in [1.165, 1.54) is 13.0 Å². The number of aryl methyl sites for hydroxylation is 1. The molecule has 16 heteroatoms. The van der Waals surface area contributed by atoms with Gasteiger partial charge in [0.2, 0.25) is 15.9 Å². The molecular formula is C23H22F4N8O3S. The Bertz CT molecular complexity index is 1690. The average molecular weight is 567 g/mol. The highest BCUT2D eigenvalue weighted by atomic mass is 32.2. The number of benzene rings is 1. The van der Waals surface area contributed by atoms with Gasteiger partial charge in [-0.3, -0.25) is 9.52 Å². The molecule has 1 atom stereocenters. The van der Waals surface area contributed by atoms with Gasteiger partial charge < -0.3 is 20.2 Å². The van der Waals surface area contributed by atoms with Gasteiger partial charge in [-0.25, -0.2) is 40.9 Å². The average Bonchev–Trinajstić information content (AvgIpc) is 3.18. The van der Waals surface area contributed by atoms with Crippen LogP contribution in [0.3, 0.4) is 0 Å². The van der Waals surface area contributed by atoms with Gasteiger partial charge in [-0.1, -0.05) is 6.07 Å². The topological polar surface area (TPSA) is 147 Å². The number of pyridine rings is 1. The molecule has 1 aliphatic rings. The quantitative estimate of drug-likeness (QED) is 0.220. The summed E-state index contributed by atoms with van der Waals surface area (Å²) in [5.41, 5.74) is 1.59. The van der Waals surface area contributed by atoms with Crippen molar-refractivity contribution in [3.05, 3.63) is 42.6 Å². The zero-order valence-corrected chi connectivity index (χ0v) is 21.3. The largest absolute Gasteiger partial charge is 0.352 e. The Balaban J connectivity index is 1.57. The summed E-state index contributed by atoms with van der Waals surface area (Å²) in [5.74, 6) is -6.73. The summed E-state index contributed by atoms with van der Waals surface area (Å²) in [6.45, 7) is 1.46. The smallest absolute Gasteiger partial charge is 0.295 e. The molecule has 39 heavy (non-hydrogen) atoms. The van der Waals surface area contributed by atoms with Gasteiger partial charge in [0.1, 0.15) is 17.3 Å². The highest BCUT2D eigenvalue weighted by Gasteiger charge is 2.61. The van der Waals surface area contributed by atoms with Crippen LogP contribution in [0.15, 0.2) is 36.8 Å². The molecule has 3 aromatic heterocycles. The maximum Gasteiger partial charge on any atom is 0.295 e. The number of nitrogens with zero attached hydrogens (tertiary/aromatic N) is 4. The Morgan fingerprint density at radius 2 is 1.95 bits per heavy atom. The molecule has 4 N–H and O–H groups in total. The van der Waals surface area contributed by atoms with Crippen LogP contribution in [0.4, 0.5) is 40.4 Å². The molecule has 0 aliphatic heterocycles. The summed E-state index contributed by atoms with van der Waals surface area (Å²) in [6, 6.07) is 6.08. The van der Waals surface area contributed by atoms with Crippen LogP contribution in [0.25, 0.3) is 22.4 Å². The number of nitrogens with one attached hydrogen (secondary N) is 4. The normalized spacial score (nSPS) is 16.4. The lowest BCUT2D eigenvalue weighted by Gasteiger charge is -2.16. The molecule has 1 aliphatic carbocycles. The number of hydrogen-bond acceptors (Lipinski definition) is 7. The number of aromatic amines is 1. The van der Waals surface area contributed by atoms with Gasteiger partial charge in [0.15, 0.2) is 11.5 Å². The number of hydrogen-bond donors (Lipinski definition) is 4. The number of aromatic nitrogens is 5.